The first-order chi connectivity index (χ1) is 6.09. The zero-order valence-corrected chi connectivity index (χ0v) is 9.26. The molecule has 1 nitrogen and oxygen atoms in total. The van der Waals surface area contributed by atoms with E-state index in [4.69, 9.17) is 0 Å². The van der Waals surface area contributed by atoms with Gasteiger partial charge in [-0.1, -0.05) is 34.1 Å². The van der Waals surface area contributed by atoms with E-state index in [-0.39, 0.29) is 5.78 Å². The summed E-state index contributed by atoms with van der Waals surface area (Å²) in [4.78, 5) is 10.7. The molecule has 0 amide bonds. The van der Waals surface area contributed by atoms with Gasteiger partial charge in [0.25, 0.3) is 0 Å². The third-order valence-electron chi connectivity index (χ3n) is 1.71. The number of rotatable bonds is 2. The highest BCUT2D eigenvalue weighted by molar-refractivity contribution is 9.10. The van der Waals surface area contributed by atoms with Crippen molar-refractivity contribution in [3.63, 3.8) is 0 Å². The number of hydrogen-bond donors (Lipinski definition) is 0. The molecule has 0 radical (unpaired) electrons. The lowest BCUT2D eigenvalue weighted by Gasteiger charge is -1.98. The first-order valence-electron chi connectivity index (χ1n) is 4.04. The average molecular weight is 239 g/mol. The Morgan fingerprint density at radius 1 is 1.46 bits per heavy atom. The largest absolute Gasteiger partial charge is 0.295 e. The van der Waals surface area contributed by atoms with Gasteiger partial charge < -0.3 is 0 Å². The zero-order chi connectivity index (χ0) is 9.84. The predicted molar refractivity (Wildman–Crippen MR) is 58.6 cm³/mol. The lowest BCUT2D eigenvalue weighted by molar-refractivity contribution is -0.112. The van der Waals surface area contributed by atoms with Crippen LogP contribution in [0.3, 0.4) is 0 Å². The van der Waals surface area contributed by atoms with E-state index in [1.165, 1.54) is 5.56 Å². The van der Waals surface area contributed by atoms with Gasteiger partial charge in [-0.25, -0.2) is 0 Å². The van der Waals surface area contributed by atoms with Crippen molar-refractivity contribution in [3.8, 4) is 0 Å². The SMILES string of the molecule is CC(=O)/C=C/c1ccc(C)c(Br)c1. The van der Waals surface area contributed by atoms with Crippen LogP contribution in [0, 0.1) is 6.92 Å². The van der Waals surface area contributed by atoms with Crippen LogP contribution in [0.1, 0.15) is 18.1 Å². The van der Waals surface area contributed by atoms with E-state index in [1.54, 1.807) is 13.0 Å². The molecule has 68 valence electrons. The normalized spacial score (nSPS) is 10.7. The fourth-order valence-electron chi connectivity index (χ4n) is 0.926. The minimum atomic E-state index is 0.0664. The minimum Gasteiger partial charge on any atom is -0.295 e. The summed E-state index contributed by atoms with van der Waals surface area (Å²) in [7, 11) is 0. The van der Waals surface area contributed by atoms with E-state index in [0.717, 1.165) is 10.0 Å². The Labute approximate surface area is 86.6 Å². The summed E-state index contributed by atoms with van der Waals surface area (Å²) in [5.74, 6) is 0.0664. The number of benzene rings is 1. The van der Waals surface area contributed by atoms with Gasteiger partial charge in [-0.3, -0.25) is 4.79 Å². The van der Waals surface area contributed by atoms with Gasteiger partial charge in [0.2, 0.25) is 0 Å². The molecular formula is C11H11BrO. The molecule has 0 aliphatic carbocycles. The molecule has 0 N–H and O–H groups in total. The van der Waals surface area contributed by atoms with E-state index >= 15 is 0 Å². The van der Waals surface area contributed by atoms with Crippen molar-refractivity contribution in [2.45, 2.75) is 13.8 Å². The molecule has 2 heteroatoms. The maximum atomic E-state index is 10.7. The monoisotopic (exact) mass is 238 g/mol. The quantitative estimate of drug-likeness (QED) is 0.723. The van der Waals surface area contributed by atoms with Gasteiger partial charge in [-0.2, -0.15) is 0 Å². The lowest BCUT2D eigenvalue weighted by Crippen LogP contribution is -1.81. The molecule has 0 spiro atoms. The van der Waals surface area contributed by atoms with Gasteiger partial charge in [-0.15, -0.1) is 0 Å². The topological polar surface area (TPSA) is 17.1 Å². The molecule has 1 aromatic rings. The molecule has 0 aromatic heterocycles. The third-order valence-corrected chi connectivity index (χ3v) is 2.56. The summed E-state index contributed by atoms with van der Waals surface area (Å²) in [6, 6.07) is 6.00. The molecule has 0 bridgehead atoms. The number of hydrogen-bond acceptors (Lipinski definition) is 1. The molecule has 1 rings (SSSR count). The van der Waals surface area contributed by atoms with E-state index < -0.39 is 0 Å². The Hall–Kier alpha value is -0.890. The number of allylic oxidation sites excluding steroid dienone is 1. The number of aryl methyl sites for hydroxylation is 1. The van der Waals surface area contributed by atoms with E-state index in [0.29, 0.717) is 0 Å². The molecule has 0 heterocycles. The van der Waals surface area contributed by atoms with Crippen molar-refractivity contribution in [2.75, 3.05) is 0 Å². The summed E-state index contributed by atoms with van der Waals surface area (Å²) < 4.78 is 1.07. The van der Waals surface area contributed by atoms with Crippen molar-refractivity contribution in [3.05, 3.63) is 39.9 Å². The Morgan fingerprint density at radius 2 is 2.15 bits per heavy atom. The first-order valence-corrected chi connectivity index (χ1v) is 4.83. The fraction of sp³-hybridized carbons (Fsp3) is 0.182. The van der Waals surface area contributed by atoms with Crippen LogP contribution >= 0.6 is 15.9 Å². The van der Waals surface area contributed by atoms with Gasteiger partial charge in [0.1, 0.15) is 0 Å². The molecular weight excluding hydrogens is 228 g/mol. The predicted octanol–water partition coefficient (Wildman–Crippen LogP) is 3.36. The number of carbonyl (C=O) groups excluding carboxylic acids is 1. The fourth-order valence-corrected chi connectivity index (χ4v) is 1.32. The molecule has 0 fully saturated rings. The molecule has 1 aromatic carbocycles. The molecule has 0 saturated carbocycles. The zero-order valence-electron chi connectivity index (χ0n) is 7.67. The highest BCUT2D eigenvalue weighted by Gasteiger charge is 1.94. The molecule has 0 saturated heterocycles. The summed E-state index contributed by atoms with van der Waals surface area (Å²) >= 11 is 3.43. The van der Waals surface area contributed by atoms with Crippen molar-refractivity contribution in [2.24, 2.45) is 0 Å². The summed E-state index contributed by atoms with van der Waals surface area (Å²) in [5.41, 5.74) is 2.23. The Morgan fingerprint density at radius 3 is 2.69 bits per heavy atom. The van der Waals surface area contributed by atoms with Gasteiger partial charge in [-0.05, 0) is 37.1 Å². The molecule has 13 heavy (non-hydrogen) atoms. The average Bonchev–Trinajstić information content (AvgIpc) is 2.07. The molecule has 0 aliphatic heterocycles. The summed E-state index contributed by atoms with van der Waals surface area (Å²) in [6.45, 7) is 3.57. The Balaban J connectivity index is 2.92. The maximum Gasteiger partial charge on any atom is 0.152 e. The summed E-state index contributed by atoms with van der Waals surface area (Å²) in [6.07, 6.45) is 3.38. The molecule has 0 aliphatic rings. The van der Waals surface area contributed by atoms with Crippen molar-refractivity contribution < 1.29 is 4.79 Å². The second kappa shape index (κ2) is 4.38. The molecule has 0 atom stereocenters. The van der Waals surface area contributed by atoms with Gasteiger partial charge in [0.15, 0.2) is 5.78 Å². The van der Waals surface area contributed by atoms with E-state index in [2.05, 4.69) is 15.9 Å². The highest BCUT2D eigenvalue weighted by Crippen LogP contribution is 2.18. The van der Waals surface area contributed by atoms with Crippen molar-refractivity contribution >= 4 is 27.8 Å². The number of halogens is 1. The smallest absolute Gasteiger partial charge is 0.152 e. The highest BCUT2D eigenvalue weighted by atomic mass is 79.9. The minimum absolute atomic E-state index is 0.0664. The van der Waals surface area contributed by atoms with Crippen molar-refractivity contribution in [1.82, 2.24) is 0 Å². The van der Waals surface area contributed by atoms with Crippen LogP contribution in [0.25, 0.3) is 6.08 Å². The standard InChI is InChI=1S/C11H11BrO/c1-8-3-5-10(7-11(8)12)6-4-9(2)13/h3-7H,1-2H3/b6-4+. The maximum absolute atomic E-state index is 10.7. The van der Waals surface area contributed by atoms with E-state index in [9.17, 15) is 4.79 Å². The second-order valence-electron chi connectivity index (χ2n) is 2.95. The lowest BCUT2D eigenvalue weighted by atomic mass is 10.1. The molecule has 0 unspecified atom stereocenters. The van der Waals surface area contributed by atoms with Gasteiger partial charge >= 0.3 is 0 Å². The van der Waals surface area contributed by atoms with E-state index in [1.807, 2.05) is 31.2 Å². The Kier molecular flexibility index (Phi) is 3.43. The van der Waals surface area contributed by atoms with Crippen LogP contribution in [0.5, 0.6) is 0 Å². The van der Waals surface area contributed by atoms with Crippen LogP contribution in [-0.4, -0.2) is 5.78 Å². The third kappa shape index (κ3) is 3.15. The number of carbonyl (C=O) groups is 1. The summed E-state index contributed by atoms with van der Waals surface area (Å²) in [5, 5.41) is 0. The van der Waals surface area contributed by atoms with Crippen LogP contribution in [0.15, 0.2) is 28.7 Å². The second-order valence-corrected chi connectivity index (χ2v) is 3.81. The van der Waals surface area contributed by atoms with Crippen LogP contribution in [0.2, 0.25) is 0 Å². The van der Waals surface area contributed by atoms with Crippen LogP contribution in [-0.2, 0) is 4.79 Å². The van der Waals surface area contributed by atoms with Crippen LogP contribution in [0.4, 0.5) is 0 Å². The van der Waals surface area contributed by atoms with Crippen LogP contribution < -0.4 is 0 Å². The van der Waals surface area contributed by atoms with Gasteiger partial charge in [0, 0.05) is 4.47 Å². The van der Waals surface area contributed by atoms with Gasteiger partial charge in [0.05, 0.1) is 0 Å². The first kappa shape index (κ1) is 10.2. The Bertz CT molecular complexity index is 353. The van der Waals surface area contributed by atoms with Crippen molar-refractivity contribution in [1.29, 1.82) is 0 Å². The number of ketones is 1.